The highest BCUT2D eigenvalue weighted by Gasteiger charge is 2.11. The number of hydrogen-bond donors (Lipinski definition) is 2. The molecule has 0 atom stereocenters. The zero-order valence-electron chi connectivity index (χ0n) is 11.0. The lowest BCUT2D eigenvalue weighted by Crippen LogP contribution is -2.27. The SMILES string of the molecule is CNc1cc(C(=O)NCCC(C)(C)C)ccn1. The molecule has 0 unspecified atom stereocenters. The van der Waals surface area contributed by atoms with E-state index in [1.54, 1.807) is 25.4 Å². The van der Waals surface area contributed by atoms with E-state index < -0.39 is 0 Å². The van der Waals surface area contributed by atoms with Crippen molar-refractivity contribution in [3.05, 3.63) is 23.9 Å². The van der Waals surface area contributed by atoms with Crippen LogP contribution in [0, 0.1) is 5.41 Å². The second-order valence-corrected chi connectivity index (χ2v) is 5.25. The quantitative estimate of drug-likeness (QED) is 0.842. The zero-order chi connectivity index (χ0) is 12.9. The lowest BCUT2D eigenvalue weighted by Gasteiger charge is -2.18. The summed E-state index contributed by atoms with van der Waals surface area (Å²) in [5.41, 5.74) is 0.875. The Morgan fingerprint density at radius 2 is 2.12 bits per heavy atom. The van der Waals surface area contributed by atoms with Crippen LogP contribution >= 0.6 is 0 Å². The third kappa shape index (κ3) is 4.85. The van der Waals surface area contributed by atoms with E-state index in [4.69, 9.17) is 0 Å². The predicted molar refractivity (Wildman–Crippen MR) is 70.2 cm³/mol. The van der Waals surface area contributed by atoms with Crippen LogP contribution in [0.15, 0.2) is 18.3 Å². The summed E-state index contributed by atoms with van der Waals surface area (Å²) in [5.74, 6) is 0.654. The number of nitrogens with zero attached hydrogens (tertiary/aromatic N) is 1. The molecule has 1 aromatic heterocycles. The fourth-order valence-electron chi connectivity index (χ4n) is 1.36. The molecular weight excluding hydrogens is 214 g/mol. The lowest BCUT2D eigenvalue weighted by molar-refractivity contribution is 0.0949. The average Bonchev–Trinajstić information content (AvgIpc) is 2.27. The molecule has 1 aromatic rings. The van der Waals surface area contributed by atoms with Gasteiger partial charge in [-0.2, -0.15) is 0 Å². The highest BCUT2D eigenvalue weighted by Crippen LogP contribution is 2.17. The largest absolute Gasteiger partial charge is 0.373 e. The molecule has 0 aliphatic rings. The van der Waals surface area contributed by atoms with Crippen LogP contribution < -0.4 is 10.6 Å². The molecule has 0 aliphatic carbocycles. The van der Waals surface area contributed by atoms with Crippen molar-refractivity contribution in [2.75, 3.05) is 18.9 Å². The van der Waals surface area contributed by atoms with E-state index in [0.29, 0.717) is 17.9 Å². The van der Waals surface area contributed by atoms with Gasteiger partial charge in [0.05, 0.1) is 0 Å². The smallest absolute Gasteiger partial charge is 0.251 e. The number of hydrogen-bond acceptors (Lipinski definition) is 3. The van der Waals surface area contributed by atoms with Crippen molar-refractivity contribution in [3.8, 4) is 0 Å². The number of rotatable bonds is 4. The van der Waals surface area contributed by atoms with Gasteiger partial charge in [0.1, 0.15) is 5.82 Å². The van der Waals surface area contributed by atoms with Gasteiger partial charge in [-0.25, -0.2) is 4.98 Å². The van der Waals surface area contributed by atoms with Gasteiger partial charge >= 0.3 is 0 Å². The number of carbonyl (C=O) groups is 1. The Hall–Kier alpha value is -1.58. The van der Waals surface area contributed by atoms with Crippen LogP contribution in [0.4, 0.5) is 5.82 Å². The van der Waals surface area contributed by atoms with Crippen molar-refractivity contribution in [1.29, 1.82) is 0 Å². The predicted octanol–water partition coefficient (Wildman–Crippen LogP) is 2.29. The summed E-state index contributed by atoms with van der Waals surface area (Å²) in [6.45, 7) is 7.17. The Labute approximate surface area is 103 Å². The number of anilines is 1. The summed E-state index contributed by atoms with van der Waals surface area (Å²) in [5, 5.41) is 5.82. The van der Waals surface area contributed by atoms with E-state index in [0.717, 1.165) is 6.42 Å². The van der Waals surface area contributed by atoms with Crippen molar-refractivity contribution in [1.82, 2.24) is 10.3 Å². The van der Waals surface area contributed by atoms with E-state index in [9.17, 15) is 4.79 Å². The maximum atomic E-state index is 11.8. The zero-order valence-corrected chi connectivity index (χ0v) is 11.0. The number of nitrogens with one attached hydrogen (secondary N) is 2. The first-order chi connectivity index (χ1) is 7.92. The van der Waals surface area contributed by atoms with Crippen LogP contribution in [0.1, 0.15) is 37.6 Å². The summed E-state index contributed by atoms with van der Waals surface area (Å²) in [4.78, 5) is 15.9. The second kappa shape index (κ2) is 5.66. The van der Waals surface area contributed by atoms with Gasteiger partial charge in [0.15, 0.2) is 0 Å². The molecular formula is C13H21N3O. The number of pyridine rings is 1. The van der Waals surface area contributed by atoms with Crippen LogP contribution in [0.2, 0.25) is 0 Å². The normalized spacial score (nSPS) is 11.1. The fraction of sp³-hybridized carbons (Fsp3) is 0.538. The Bertz CT molecular complexity index is 382. The monoisotopic (exact) mass is 235 g/mol. The van der Waals surface area contributed by atoms with Crippen molar-refractivity contribution < 1.29 is 4.79 Å². The van der Waals surface area contributed by atoms with Crippen molar-refractivity contribution in [2.24, 2.45) is 5.41 Å². The molecule has 0 aliphatic heterocycles. The molecule has 0 saturated heterocycles. The van der Waals surface area contributed by atoms with Crippen molar-refractivity contribution >= 4 is 11.7 Å². The molecule has 0 radical (unpaired) electrons. The first-order valence-corrected chi connectivity index (χ1v) is 5.84. The Morgan fingerprint density at radius 3 is 2.71 bits per heavy atom. The van der Waals surface area contributed by atoms with Gasteiger partial charge in [-0.1, -0.05) is 20.8 Å². The van der Waals surface area contributed by atoms with Gasteiger partial charge in [-0.05, 0) is 24.0 Å². The first-order valence-electron chi connectivity index (χ1n) is 5.84. The molecule has 0 bridgehead atoms. The number of amides is 1. The summed E-state index contributed by atoms with van der Waals surface area (Å²) in [6, 6.07) is 3.46. The molecule has 0 spiro atoms. The Morgan fingerprint density at radius 1 is 1.41 bits per heavy atom. The van der Waals surface area contributed by atoms with Gasteiger partial charge in [0.2, 0.25) is 0 Å². The molecule has 2 N–H and O–H groups in total. The molecule has 0 aromatic carbocycles. The highest BCUT2D eigenvalue weighted by atomic mass is 16.1. The number of aromatic nitrogens is 1. The van der Waals surface area contributed by atoms with Crippen molar-refractivity contribution in [3.63, 3.8) is 0 Å². The van der Waals surface area contributed by atoms with Crippen LogP contribution in [-0.4, -0.2) is 24.5 Å². The summed E-state index contributed by atoms with van der Waals surface area (Å²) >= 11 is 0. The fourth-order valence-corrected chi connectivity index (χ4v) is 1.36. The third-order valence-corrected chi connectivity index (χ3v) is 2.44. The van der Waals surface area contributed by atoms with Gasteiger partial charge in [0, 0.05) is 25.4 Å². The van der Waals surface area contributed by atoms with Gasteiger partial charge in [-0.3, -0.25) is 4.79 Å². The topological polar surface area (TPSA) is 54.0 Å². The highest BCUT2D eigenvalue weighted by molar-refractivity contribution is 5.94. The minimum absolute atomic E-state index is 0.0480. The van der Waals surface area contributed by atoms with Crippen LogP contribution in [0.3, 0.4) is 0 Å². The van der Waals surface area contributed by atoms with Crippen LogP contribution in [0.25, 0.3) is 0 Å². The van der Waals surface area contributed by atoms with Gasteiger partial charge in [-0.15, -0.1) is 0 Å². The molecule has 1 heterocycles. The maximum absolute atomic E-state index is 11.8. The summed E-state index contributed by atoms with van der Waals surface area (Å²) in [6.07, 6.45) is 2.59. The molecule has 17 heavy (non-hydrogen) atoms. The standard InChI is InChI=1S/C13H21N3O/c1-13(2,3)6-8-16-12(17)10-5-7-15-11(9-10)14-4/h5,7,9H,6,8H2,1-4H3,(H,14,15)(H,16,17). The molecule has 1 amide bonds. The Balaban J connectivity index is 2.52. The molecule has 1 rings (SSSR count). The van der Waals surface area contributed by atoms with E-state index in [2.05, 4.69) is 36.4 Å². The summed E-state index contributed by atoms with van der Waals surface area (Å²) < 4.78 is 0. The van der Waals surface area contributed by atoms with E-state index >= 15 is 0 Å². The second-order valence-electron chi connectivity index (χ2n) is 5.25. The van der Waals surface area contributed by atoms with E-state index in [1.165, 1.54) is 0 Å². The van der Waals surface area contributed by atoms with Crippen LogP contribution in [0.5, 0.6) is 0 Å². The molecule has 0 fully saturated rings. The molecule has 4 nitrogen and oxygen atoms in total. The molecule has 0 saturated carbocycles. The maximum Gasteiger partial charge on any atom is 0.251 e. The molecule has 4 heteroatoms. The number of carbonyl (C=O) groups excluding carboxylic acids is 1. The summed E-state index contributed by atoms with van der Waals surface area (Å²) in [7, 11) is 1.78. The average molecular weight is 235 g/mol. The lowest BCUT2D eigenvalue weighted by atomic mass is 9.92. The minimum Gasteiger partial charge on any atom is -0.373 e. The first kappa shape index (κ1) is 13.5. The van der Waals surface area contributed by atoms with E-state index in [1.807, 2.05) is 0 Å². The van der Waals surface area contributed by atoms with Gasteiger partial charge in [0.25, 0.3) is 5.91 Å². The minimum atomic E-state index is -0.0480. The Kier molecular flexibility index (Phi) is 4.49. The van der Waals surface area contributed by atoms with Gasteiger partial charge < -0.3 is 10.6 Å². The third-order valence-electron chi connectivity index (χ3n) is 2.44. The van der Waals surface area contributed by atoms with Crippen molar-refractivity contribution in [2.45, 2.75) is 27.2 Å². The molecule has 94 valence electrons. The van der Waals surface area contributed by atoms with Crippen LogP contribution in [-0.2, 0) is 0 Å². The van der Waals surface area contributed by atoms with E-state index in [-0.39, 0.29) is 11.3 Å².